The molecule has 0 fully saturated rings. The lowest BCUT2D eigenvalue weighted by Gasteiger charge is -2.14. The van der Waals surface area contributed by atoms with Gasteiger partial charge in [-0.2, -0.15) is 0 Å². The van der Waals surface area contributed by atoms with E-state index in [2.05, 4.69) is 0 Å². The molecular formula is C15H14ClF2N. The second-order valence-corrected chi connectivity index (χ2v) is 4.99. The van der Waals surface area contributed by atoms with Crippen molar-refractivity contribution in [1.82, 2.24) is 0 Å². The maximum absolute atomic E-state index is 13.7. The van der Waals surface area contributed by atoms with E-state index in [4.69, 9.17) is 17.3 Å². The molecule has 0 heterocycles. The third-order valence-corrected chi connectivity index (χ3v) is 3.30. The van der Waals surface area contributed by atoms with E-state index in [9.17, 15) is 8.78 Å². The fourth-order valence-corrected chi connectivity index (χ4v) is 2.10. The molecule has 0 aromatic heterocycles. The Kier molecular flexibility index (Phi) is 4.17. The number of benzene rings is 2. The monoisotopic (exact) mass is 281 g/mol. The molecule has 1 nitrogen and oxygen atoms in total. The molecule has 0 radical (unpaired) electrons. The van der Waals surface area contributed by atoms with Crippen molar-refractivity contribution in [1.29, 1.82) is 0 Å². The molecule has 1 atom stereocenters. The minimum atomic E-state index is -0.513. The number of halogens is 3. The van der Waals surface area contributed by atoms with Gasteiger partial charge < -0.3 is 5.73 Å². The van der Waals surface area contributed by atoms with Crippen LogP contribution in [0.1, 0.15) is 22.7 Å². The summed E-state index contributed by atoms with van der Waals surface area (Å²) in [5, 5.41) is 0.0686. The van der Waals surface area contributed by atoms with Gasteiger partial charge in [0.15, 0.2) is 0 Å². The molecule has 2 N–H and O–H groups in total. The van der Waals surface area contributed by atoms with Crippen molar-refractivity contribution in [3.63, 3.8) is 0 Å². The van der Waals surface area contributed by atoms with Crippen LogP contribution >= 0.6 is 11.6 Å². The second-order valence-electron chi connectivity index (χ2n) is 4.58. The Hall–Kier alpha value is -1.45. The van der Waals surface area contributed by atoms with Crippen LogP contribution in [0, 0.1) is 18.6 Å². The van der Waals surface area contributed by atoms with E-state index in [1.165, 1.54) is 18.2 Å². The summed E-state index contributed by atoms with van der Waals surface area (Å²) >= 11 is 5.61. The first-order valence-corrected chi connectivity index (χ1v) is 6.30. The summed E-state index contributed by atoms with van der Waals surface area (Å²) in [5.74, 6) is -0.830. The number of aryl methyl sites for hydroxylation is 1. The zero-order valence-electron chi connectivity index (χ0n) is 10.5. The number of hydrogen-bond acceptors (Lipinski definition) is 1. The normalized spacial score (nSPS) is 12.5. The summed E-state index contributed by atoms with van der Waals surface area (Å²) in [6.07, 6.45) is 0.356. The largest absolute Gasteiger partial charge is 0.324 e. The average molecular weight is 282 g/mol. The maximum Gasteiger partial charge on any atom is 0.142 e. The molecule has 0 bridgehead atoms. The van der Waals surface area contributed by atoms with Crippen molar-refractivity contribution in [2.75, 3.05) is 0 Å². The predicted octanol–water partition coefficient (Wildman–Crippen LogP) is 4.17. The summed E-state index contributed by atoms with van der Waals surface area (Å²) in [7, 11) is 0. The second kappa shape index (κ2) is 5.68. The van der Waals surface area contributed by atoms with Gasteiger partial charge in [-0.3, -0.25) is 0 Å². The molecule has 0 saturated carbocycles. The molecule has 2 aromatic carbocycles. The Morgan fingerprint density at radius 2 is 1.84 bits per heavy atom. The van der Waals surface area contributed by atoms with Crippen LogP contribution in [0.15, 0.2) is 36.4 Å². The zero-order valence-corrected chi connectivity index (χ0v) is 11.2. The SMILES string of the molecule is Cc1ccc(F)c(C(N)Cc2ccc(Cl)c(F)c2)c1. The van der Waals surface area contributed by atoms with E-state index in [1.54, 1.807) is 18.2 Å². The van der Waals surface area contributed by atoms with Gasteiger partial charge in [0.2, 0.25) is 0 Å². The molecule has 0 saturated heterocycles. The zero-order chi connectivity index (χ0) is 14.0. The first-order valence-electron chi connectivity index (χ1n) is 5.93. The highest BCUT2D eigenvalue weighted by Crippen LogP contribution is 2.22. The highest BCUT2D eigenvalue weighted by atomic mass is 35.5. The Morgan fingerprint density at radius 3 is 2.53 bits per heavy atom. The van der Waals surface area contributed by atoms with E-state index in [1.807, 2.05) is 6.92 Å². The van der Waals surface area contributed by atoms with Crippen LogP contribution in [0.2, 0.25) is 5.02 Å². The molecule has 0 spiro atoms. The fourth-order valence-electron chi connectivity index (χ4n) is 1.98. The van der Waals surface area contributed by atoms with Crippen molar-refractivity contribution in [3.8, 4) is 0 Å². The van der Waals surface area contributed by atoms with Gasteiger partial charge in [0.1, 0.15) is 11.6 Å². The number of hydrogen-bond donors (Lipinski definition) is 1. The van der Waals surface area contributed by atoms with Gasteiger partial charge in [0, 0.05) is 11.6 Å². The van der Waals surface area contributed by atoms with Crippen LogP contribution in [0.3, 0.4) is 0 Å². The molecule has 0 aliphatic rings. The Bertz CT molecular complexity index is 599. The van der Waals surface area contributed by atoms with Crippen LogP contribution in [-0.4, -0.2) is 0 Å². The molecule has 0 aliphatic carbocycles. The Labute approximate surface area is 116 Å². The third kappa shape index (κ3) is 3.31. The van der Waals surface area contributed by atoms with E-state index >= 15 is 0 Å². The Morgan fingerprint density at radius 1 is 1.11 bits per heavy atom. The van der Waals surface area contributed by atoms with Crippen LogP contribution in [0.5, 0.6) is 0 Å². The third-order valence-electron chi connectivity index (χ3n) is 2.99. The van der Waals surface area contributed by atoms with Gasteiger partial charge in [0.05, 0.1) is 5.02 Å². The van der Waals surface area contributed by atoms with E-state index in [-0.39, 0.29) is 10.8 Å². The van der Waals surface area contributed by atoms with Crippen LogP contribution in [0.4, 0.5) is 8.78 Å². The highest BCUT2D eigenvalue weighted by molar-refractivity contribution is 6.30. The van der Waals surface area contributed by atoms with Gasteiger partial charge in [0.25, 0.3) is 0 Å². The number of nitrogens with two attached hydrogens (primary N) is 1. The predicted molar refractivity (Wildman–Crippen MR) is 73.2 cm³/mol. The van der Waals surface area contributed by atoms with Crippen LogP contribution < -0.4 is 5.73 Å². The lowest BCUT2D eigenvalue weighted by Crippen LogP contribution is -2.15. The van der Waals surface area contributed by atoms with E-state index < -0.39 is 11.9 Å². The molecule has 0 aliphatic heterocycles. The van der Waals surface area contributed by atoms with Crippen molar-refractivity contribution < 1.29 is 8.78 Å². The molecule has 19 heavy (non-hydrogen) atoms. The average Bonchev–Trinajstić information content (AvgIpc) is 2.36. The van der Waals surface area contributed by atoms with Gasteiger partial charge in [-0.05, 0) is 37.1 Å². The van der Waals surface area contributed by atoms with Gasteiger partial charge in [-0.1, -0.05) is 35.4 Å². The topological polar surface area (TPSA) is 26.0 Å². The molecule has 2 aromatic rings. The van der Waals surface area contributed by atoms with Gasteiger partial charge >= 0.3 is 0 Å². The van der Waals surface area contributed by atoms with Crippen molar-refractivity contribution in [2.45, 2.75) is 19.4 Å². The highest BCUT2D eigenvalue weighted by Gasteiger charge is 2.13. The molecule has 0 amide bonds. The minimum absolute atomic E-state index is 0.0686. The first-order chi connectivity index (χ1) is 8.97. The fraction of sp³-hybridized carbons (Fsp3) is 0.200. The Balaban J connectivity index is 2.22. The summed E-state index contributed by atoms with van der Waals surface area (Å²) < 4.78 is 27.0. The summed E-state index contributed by atoms with van der Waals surface area (Å²) in [4.78, 5) is 0. The van der Waals surface area contributed by atoms with Crippen molar-refractivity contribution in [2.24, 2.45) is 5.73 Å². The standard InChI is InChI=1S/C15H14ClF2N/c1-9-2-5-13(17)11(6-9)15(19)8-10-3-4-12(16)14(18)7-10/h2-7,15H,8,19H2,1H3. The lowest BCUT2D eigenvalue weighted by molar-refractivity contribution is 0.578. The number of rotatable bonds is 3. The molecular weight excluding hydrogens is 268 g/mol. The van der Waals surface area contributed by atoms with Gasteiger partial charge in [-0.15, -0.1) is 0 Å². The summed E-state index contributed by atoms with van der Waals surface area (Å²) in [6, 6.07) is 8.79. The smallest absolute Gasteiger partial charge is 0.142 e. The molecule has 4 heteroatoms. The van der Waals surface area contributed by atoms with Crippen molar-refractivity contribution in [3.05, 3.63) is 69.7 Å². The van der Waals surface area contributed by atoms with Crippen LogP contribution in [0.25, 0.3) is 0 Å². The summed E-state index contributed by atoms with van der Waals surface area (Å²) in [6.45, 7) is 1.87. The maximum atomic E-state index is 13.7. The minimum Gasteiger partial charge on any atom is -0.324 e. The first kappa shape index (κ1) is 14.0. The molecule has 100 valence electrons. The van der Waals surface area contributed by atoms with E-state index in [0.717, 1.165) is 5.56 Å². The quantitative estimate of drug-likeness (QED) is 0.898. The molecule has 1 unspecified atom stereocenters. The van der Waals surface area contributed by atoms with E-state index in [0.29, 0.717) is 17.5 Å². The van der Waals surface area contributed by atoms with Crippen molar-refractivity contribution >= 4 is 11.6 Å². The van der Waals surface area contributed by atoms with Crippen LogP contribution in [-0.2, 0) is 6.42 Å². The lowest BCUT2D eigenvalue weighted by atomic mass is 9.98. The summed E-state index contributed by atoms with van der Waals surface area (Å²) in [5.41, 5.74) is 8.06. The molecule has 2 rings (SSSR count). The van der Waals surface area contributed by atoms with Gasteiger partial charge in [-0.25, -0.2) is 8.78 Å².